The minimum Gasteiger partial charge on any atom is -0.392 e. The zero-order valence-electron chi connectivity index (χ0n) is 9.99. The van der Waals surface area contributed by atoms with Gasteiger partial charge in [-0.3, -0.25) is 4.79 Å². The third-order valence-corrected chi connectivity index (χ3v) is 4.70. The van der Waals surface area contributed by atoms with Gasteiger partial charge in [-0.25, -0.2) is 0 Å². The molecule has 0 aliphatic carbocycles. The van der Waals surface area contributed by atoms with Crippen LogP contribution >= 0.6 is 39.5 Å². The van der Waals surface area contributed by atoms with Gasteiger partial charge in [0, 0.05) is 21.8 Å². The maximum atomic E-state index is 12.2. The van der Waals surface area contributed by atoms with Gasteiger partial charge in [0.15, 0.2) is 0 Å². The highest BCUT2D eigenvalue weighted by atomic mass is 79.9. The number of nitrogens with two attached hydrogens (primary N) is 1. The standard InChI is InChI=1S/C11H15BrN2OS2/c1-11(2,9(13)16)10(15)14(3)5-8-4-7(12)6-17-8/h4,6H,5H2,1-3H3,(H2,13,16). The van der Waals surface area contributed by atoms with Crippen molar-refractivity contribution in [3.05, 3.63) is 20.8 Å². The molecule has 3 nitrogen and oxygen atoms in total. The van der Waals surface area contributed by atoms with E-state index in [2.05, 4.69) is 15.9 Å². The largest absolute Gasteiger partial charge is 0.392 e. The number of rotatable bonds is 4. The Bertz CT molecular complexity index is 442. The lowest BCUT2D eigenvalue weighted by Gasteiger charge is -2.28. The Morgan fingerprint density at radius 3 is 2.65 bits per heavy atom. The number of hydrogen-bond acceptors (Lipinski definition) is 3. The summed E-state index contributed by atoms with van der Waals surface area (Å²) in [6, 6.07) is 2.00. The quantitative estimate of drug-likeness (QED) is 0.861. The molecule has 0 unspecified atom stereocenters. The zero-order valence-corrected chi connectivity index (χ0v) is 13.2. The Labute approximate surface area is 119 Å². The lowest BCUT2D eigenvalue weighted by atomic mass is 9.92. The van der Waals surface area contributed by atoms with Gasteiger partial charge in [-0.1, -0.05) is 12.2 Å². The van der Waals surface area contributed by atoms with Gasteiger partial charge < -0.3 is 10.6 Å². The monoisotopic (exact) mass is 334 g/mol. The van der Waals surface area contributed by atoms with E-state index >= 15 is 0 Å². The highest BCUT2D eigenvalue weighted by molar-refractivity contribution is 9.10. The first-order valence-corrected chi connectivity index (χ1v) is 7.11. The van der Waals surface area contributed by atoms with E-state index in [9.17, 15) is 4.79 Å². The number of carbonyl (C=O) groups excluding carboxylic acids is 1. The molecule has 0 atom stereocenters. The maximum absolute atomic E-state index is 12.2. The molecule has 0 aromatic carbocycles. The summed E-state index contributed by atoms with van der Waals surface area (Å²) in [6.07, 6.45) is 0. The normalized spacial score (nSPS) is 11.3. The average molecular weight is 335 g/mol. The van der Waals surface area contributed by atoms with E-state index in [0.29, 0.717) is 6.54 Å². The van der Waals surface area contributed by atoms with Gasteiger partial charge in [-0.15, -0.1) is 11.3 Å². The van der Waals surface area contributed by atoms with Crippen LogP contribution in [0.2, 0.25) is 0 Å². The van der Waals surface area contributed by atoms with Crippen LogP contribution in [0.15, 0.2) is 15.9 Å². The predicted molar refractivity (Wildman–Crippen MR) is 79.1 cm³/mol. The molecule has 0 aliphatic rings. The van der Waals surface area contributed by atoms with Crippen molar-refractivity contribution in [1.29, 1.82) is 0 Å². The molecule has 0 fully saturated rings. The summed E-state index contributed by atoms with van der Waals surface area (Å²) >= 11 is 9.92. The summed E-state index contributed by atoms with van der Waals surface area (Å²) in [5.74, 6) is -0.0606. The predicted octanol–water partition coefficient (Wildman–Crippen LogP) is 2.78. The molecule has 0 spiro atoms. The molecule has 1 amide bonds. The first-order chi connectivity index (χ1) is 7.75. The van der Waals surface area contributed by atoms with Crippen molar-refractivity contribution in [2.75, 3.05) is 7.05 Å². The van der Waals surface area contributed by atoms with E-state index in [1.165, 1.54) is 0 Å². The summed E-state index contributed by atoms with van der Waals surface area (Å²) in [6.45, 7) is 4.07. The summed E-state index contributed by atoms with van der Waals surface area (Å²) < 4.78 is 1.03. The molecular formula is C11H15BrN2OS2. The fourth-order valence-corrected chi connectivity index (χ4v) is 2.92. The Morgan fingerprint density at radius 2 is 2.24 bits per heavy atom. The Balaban J connectivity index is 2.74. The highest BCUT2D eigenvalue weighted by Gasteiger charge is 2.33. The van der Waals surface area contributed by atoms with Crippen molar-refractivity contribution < 1.29 is 4.79 Å². The molecule has 1 heterocycles. The van der Waals surface area contributed by atoms with Crippen molar-refractivity contribution >= 4 is 50.4 Å². The topological polar surface area (TPSA) is 46.3 Å². The third-order valence-electron chi connectivity index (χ3n) is 2.51. The molecule has 1 rings (SSSR count). The van der Waals surface area contributed by atoms with Crippen LogP contribution in [0.5, 0.6) is 0 Å². The second-order valence-electron chi connectivity index (χ2n) is 4.38. The number of hydrogen-bond donors (Lipinski definition) is 1. The van der Waals surface area contributed by atoms with Gasteiger partial charge in [-0.05, 0) is 35.8 Å². The minimum absolute atomic E-state index is 0.0606. The first-order valence-electron chi connectivity index (χ1n) is 5.03. The van der Waals surface area contributed by atoms with Gasteiger partial charge in [0.1, 0.15) is 0 Å². The molecule has 17 heavy (non-hydrogen) atoms. The van der Waals surface area contributed by atoms with Crippen LogP contribution in [-0.4, -0.2) is 22.8 Å². The number of thiophene rings is 1. The van der Waals surface area contributed by atoms with E-state index in [-0.39, 0.29) is 10.9 Å². The number of thiocarbonyl (C=S) groups is 1. The Hall–Kier alpha value is -0.460. The van der Waals surface area contributed by atoms with E-state index < -0.39 is 5.41 Å². The maximum Gasteiger partial charge on any atom is 0.235 e. The fraction of sp³-hybridized carbons (Fsp3) is 0.455. The van der Waals surface area contributed by atoms with Crippen LogP contribution in [-0.2, 0) is 11.3 Å². The molecule has 0 bridgehead atoms. The molecule has 1 aromatic rings. The van der Waals surface area contributed by atoms with Gasteiger partial charge in [0.05, 0.1) is 16.9 Å². The van der Waals surface area contributed by atoms with Crippen molar-refractivity contribution in [3.63, 3.8) is 0 Å². The van der Waals surface area contributed by atoms with Crippen molar-refractivity contribution in [1.82, 2.24) is 4.90 Å². The van der Waals surface area contributed by atoms with Crippen LogP contribution in [0.25, 0.3) is 0 Å². The Morgan fingerprint density at radius 1 is 1.65 bits per heavy atom. The SMILES string of the molecule is CN(Cc1cc(Br)cs1)C(=O)C(C)(C)C(N)=S. The third kappa shape index (κ3) is 3.50. The Kier molecular flexibility index (Phi) is 4.69. The number of amides is 1. The summed E-state index contributed by atoms with van der Waals surface area (Å²) in [7, 11) is 1.76. The lowest BCUT2D eigenvalue weighted by molar-refractivity contribution is -0.136. The average Bonchev–Trinajstić information content (AvgIpc) is 2.62. The van der Waals surface area contributed by atoms with Crippen LogP contribution in [0, 0.1) is 5.41 Å². The summed E-state index contributed by atoms with van der Waals surface area (Å²) in [4.78, 5) is 15.2. The van der Waals surface area contributed by atoms with Gasteiger partial charge in [0.25, 0.3) is 0 Å². The second-order valence-corrected chi connectivity index (χ2v) is 6.73. The van der Waals surface area contributed by atoms with E-state index in [0.717, 1.165) is 9.35 Å². The molecule has 2 N–H and O–H groups in total. The first kappa shape index (κ1) is 14.6. The van der Waals surface area contributed by atoms with Crippen molar-refractivity contribution in [2.45, 2.75) is 20.4 Å². The van der Waals surface area contributed by atoms with Crippen molar-refractivity contribution in [3.8, 4) is 0 Å². The minimum atomic E-state index is -0.793. The number of nitrogens with zero attached hydrogens (tertiary/aromatic N) is 1. The molecular weight excluding hydrogens is 320 g/mol. The van der Waals surface area contributed by atoms with Crippen molar-refractivity contribution in [2.24, 2.45) is 11.1 Å². The zero-order chi connectivity index (χ0) is 13.2. The smallest absolute Gasteiger partial charge is 0.235 e. The van der Waals surface area contributed by atoms with E-state index in [1.54, 1.807) is 37.1 Å². The molecule has 6 heteroatoms. The number of carbonyl (C=O) groups is 1. The molecule has 0 saturated heterocycles. The molecule has 0 saturated carbocycles. The van der Waals surface area contributed by atoms with Crippen LogP contribution < -0.4 is 5.73 Å². The molecule has 0 radical (unpaired) electrons. The van der Waals surface area contributed by atoms with Crippen LogP contribution in [0.3, 0.4) is 0 Å². The van der Waals surface area contributed by atoms with Crippen LogP contribution in [0.4, 0.5) is 0 Å². The van der Waals surface area contributed by atoms with E-state index in [1.807, 2.05) is 11.4 Å². The van der Waals surface area contributed by atoms with Crippen LogP contribution in [0.1, 0.15) is 18.7 Å². The lowest BCUT2D eigenvalue weighted by Crippen LogP contribution is -2.45. The number of halogens is 1. The molecule has 94 valence electrons. The summed E-state index contributed by atoms with van der Waals surface area (Å²) in [5.41, 5.74) is 4.79. The summed E-state index contributed by atoms with van der Waals surface area (Å²) in [5, 5.41) is 1.99. The van der Waals surface area contributed by atoms with Gasteiger partial charge in [-0.2, -0.15) is 0 Å². The van der Waals surface area contributed by atoms with E-state index in [4.69, 9.17) is 18.0 Å². The molecule has 0 aliphatic heterocycles. The molecule has 1 aromatic heterocycles. The highest BCUT2D eigenvalue weighted by Crippen LogP contribution is 2.24. The fourth-order valence-electron chi connectivity index (χ4n) is 1.32. The van der Waals surface area contributed by atoms with Gasteiger partial charge in [0.2, 0.25) is 5.91 Å². The second kappa shape index (κ2) is 5.46. The van der Waals surface area contributed by atoms with Gasteiger partial charge >= 0.3 is 0 Å².